The number of rotatable bonds is 6. The standard InChI is InChI=1S/C15H15N3O6/c1-22-12-6-9(3-4-11(12)24-8-13(19)23-2)5-10(7-16)14(20)18-15(17)21/h3-6H,8H2,1-2H3,(H3,17,18,20,21)/b10-5-. The molecular formula is C15H15N3O6. The van der Waals surface area contributed by atoms with E-state index >= 15 is 0 Å². The average molecular weight is 333 g/mol. The number of nitrogens with one attached hydrogen (secondary N) is 1. The van der Waals surface area contributed by atoms with Crippen LogP contribution in [-0.2, 0) is 14.3 Å². The SMILES string of the molecule is COC(=O)COc1ccc(/C=C(/C#N)C(=O)NC(N)=O)cc1OC. The molecule has 0 aliphatic carbocycles. The number of ether oxygens (including phenoxy) is 3. The average Bonchev–Trinajstić information content (AvgIpc) is 2.56. The van der Waals surface area contributed by atoms with Crippen LogP contribution in [-0.4, -0.2) is 38.7 Å². The van der Waals surface area contributed by atoms with Gasteiger partial charge in [0, 0.05) is 0 Å². The van der Waals surface area contributed by atoms with Crippen LogP contribution in [0.5, 0.6) is 11.5 Å². The van der Waals surface area contributed by atoms with Gasteiger partial charge in [0.15, 0.2) is 18.1 Å². The maximum Gasteiger partial charge on any atom is 0.343 e. The topological polar surface area (TPSA) is 141 Å². The quantitative estimate of drug-likeness (QED) is 0.434. The van der Waals surface area contributed by atoms with Crippen LogP contribution >= 0.6 is 0 Å². The molecule has 9 heteroatoms. The zero-order chi connectivity index (χ0) is 18.1. The highest BCUT2D eigenvalue weighted by atomic mass is 16.6. The van der Waals surface area contributed by atoms with Crippen LogP contribution in [0.4, 0.5) is 4.79 Å². The van der Waals surface area contributed by atoms with Gasteiger partial charge in [0.1, 0.15) is 11.6 Å². The Morgan fingerprint density at radius 3 is 2.54 bits per heavy atom. The van der Waals surface area contributed by atoms with E-state index in [2.05, 4.69) is 4.74 Å². The number of hydrogen-bond acceptors (Lipinski definition) is 7. The molecule has 3 amide bonds. The number of amides is 3. The van der Waals surface area contributed by atoms with Crippen molar-refractivity contribution in [3.63, 3.8) is 0 Å². The van der Waals surface area contributed by atoms with Gasteiger partial charge in [-0.2, -0.15) is 5.26 Å². The van der Waals surface area contributed by atoms with Crippen molar-refractivity contribution < 1.29 is 28.6 Å². The van der Waals surface area contributed by atoms with Crippen LogP contribution < -0.4 is 20.5 Å². The van der Waals surface area contributed by atoms with E-state index in [1.54, 1.807) is 11.4 Å². The fraction of sp³-hybridized carbons (Fsp3) is 0.200. The number of nitriles is 1. The van der Waals surface area contributed by atoms with Crippen LogP contribution in [0.1, 0.15) is 5.56 Å². The van der Waals surface area contributed by atoms with Crippen LogP contribution in [0.15, 0.2) is 23.8 Å². The molecular weight excluding hydrogens is 318 g/mol. The predicted octanol–water partition coefficient (Wildman–Crippen LogP) is 0.349. The minimum Gasteiger partial charge on any atom is -0.493 e. The molecule has 9 nitrogen and oxygen atoms in total. The van der Waals surface area contributed by atoms with Crippen molar-refractivity contribution in [3.05, 3.63) is 29.3 Å². The van der Waals surface area contributed by atoms with E-state index in [0.29, 0.717) is 5.56 Å². The number of primary amides is 1. The van der Waals surface area contributed by atoms with Crippen molar-refractivity contribution in [1.29, 1.82) is 5.26 Å². The lowest BCUT2D eigenvalue weighted by atomic mass is 10.1. The van der Waals surface area contributed by atoms with Crippen molar-refractivity contribution in [2.24, 2.45) is 5.73 Å². The Kier molecular flexibility index (Phi) is 6.78. The van der Waals surface area contributed by atoms with Gasteiger partial charge >= 0.3 is 12.0 Å². The van der Waals surface area contributed by atoms with Gasteiger partial charge in [0.25, 0.3) is 5.91 Å². The van der Waals surface area contributed by atoms with Crippen molar-refractivity contribution >= 4 is 24.0 Å². The molecule has 0 aliphatic rings. The summed E-state index contributed by atoms with van der Waals surface area (Å²) in [6.45, 7) is -0.299. The fourth-order valence-electron chi connectivity index (χ4n) is 1.58. The molecule has 0 heterocycles. The van der Waals surface area contributed by atoms with E-state index in [-0.39, 0.29) is 23.7 Å². The summed E-state index contributed by atoms with van der Waals surface area (Å²) in [4.78, 5) is 33.4. The van der Waals surface area contributed by atoms with Gasteiger partial charge in [0.05, 0.1) is 14.2 Å². The van der Waals surface area contributed by atoms with Gasteiger partial charge in [-0.1, -0.05) is 6.07 Å². The largest absolute Gasteiger partial charge is 0.493 e. The van der Waals surface area contributed by atoms with Crippen LogP contribution in [0.25, 0.3) is 6.08 Å². The normalized spacial score (nSPS) is 10.3. The first-order valence-corrected chi connectivity index (χ1v) is 6.51. The highest BCUT2D eigenvalue weighted by Gasteiger charge is 2.12. The Labute approximate surface area is 137 Å². The first-order chi connectivity index (χ1) is 11.4. The summed E-state index contributed by atoms with van der Waals surface area (Å²) in [6, 6.07) is 5.11. The summed E-state index contributed by atoms with van der Waals surface area (Å²) >= 11 is 0. The number of hydrogen-bond donors (Lipinski definition) is 2. The van der Waals surface area contributed by atoms with Gasteiger partial charge in [0.2, 0.25) is 0 Å². The third kappa shape index (κ3) is 5.34. The summed E-state index contributed by atoms with van der Waals surface area (Å²) in [6.07, 6.45) is 1.24. The number of nitrogens with zero attached hydrogens (tertiary/aromatic N) is 1. The van der Waals surface area contributed by atoms with Gasteiger partial charge < -0.3 is 19.9 Å². The molecule has 0 saturated heterocycles. The second-order valence-corrected chi connectivity index (χ2v) is 4.26. The van der Waals surface area contributed by atoms with E-state index in [4.69, 9.17) is 20.5 Å². The zero-order valence-electron chi connectivity index (χ0n) is 13.0. The molecule has 3 N–H and O–H groups in total. The van der Waals surface area contributed by atoms with Gasteiger partial charge in [-0.3, -0.25) is 10.1 Å². The molecule has 126 valence electrons. The fourth-order valence-corrected chi connectivity index (χ4v) is 1.58. The van der Waals surface area contributed by atoms with E-state index in [1.165, 1.54) is 38.5 Å². The molecule has 1 aromatic carbocycles. The third-order valence-electron chi connectivity index (χ3n) is 2.67. The van der Waals surface area contributed by atoms with E-state index < -0.39 is 17.9 Å². The maximum absolute atomic E-state index is 11.6. The summed E-state index contributed by atoms with van der Waals surface area (Å²) < 4.78 is 14.8. The van der Waals surface area contributed by atoms with Crippen LogP contribution in [0.2, 0.25) is 0 Å². The lowest BCUT2D eigenvalue weighted by Crippen LogP contribution is -2.35. The highest BCUT2D eigenvalue weighted by molar-refractivity contribution is 6.08. The summed E-state index contributed by atoms with van der Waals surface area (Å²) in [7, 11) is 2.62. The number of imide groups is 1. The summed E-state index contributed by atoms with van der Waals surface area (Å²) in [5, 5.41) is 10.8. The molecule has 0 aliphatic heterocycles. The van der Waals surface area contributed by atoms with Gasteiger partial charge in [-0.15, -0.1) is 0 Å². The Balaban J connectivity index is 3.03. The van der Waals surface area contributed by atoms with Crippen molar-refractivity contribution in [3.8, 4) is 17.6 Å². The number of carbonyl (C=O) groups excluding carboxylic acids is 3. The molecule has 0 saturated carbocycles. The van der Waals surface area contributed by atoms with Gasteiger partial charge in [-0.25, -0.2) is 9.59 Å². The molecule has 0 bridgehead atoms. The minimum atomic E-state index is -1.06. The smallest absolute Gasteiger partial charge is 0.343 e. The molecule has 0 aromatic heterocycles. The number of esters is 1. The first-order valence-electron chi connectivity index (χ1n) is 6.51. The highest BCUT2D eigenvalue weighted by Crippen LogP contribution is 2.29. The Hall–Kier alpha value is -3.54. The second kappa shape index (κ2) is 8.79. The summed E-state index contributed by atoms with van der Waals surface area (Å²) in [5.41, 5.74) is 4.95. The first kappa shape index (κ1) is 18.5. The third-order valence-corrected chi connectivity index (χ3v) is 2.67. The molecule has 24 heavy (non-hydrogen) atoms. The number of methoxy groups -OCH3 is 2. The maximum atomic E-state index is 11.6. The summed E-state index contributed by atoms with van der Waals surface area (Å²) in [5.74, 6) is -0.925. The molecule has 0 atom stereocenters. The Morgan fingerprint density at radius 1 is 1.29 bits per heavy atom. The predicted molar refractivity (Wildman–Crippen MR) is 81.8 cm³/mol. The number of urea groups is 1. The number of benzene rings is 1. The van der Waals surface area contributed by atoms with E-state index in [0.717, 1.165) is 0 Å². The Bertz CT molecular complexity index is 720. The van der Waals surface area contributed by atoms with Crippen molar-refractivity contribution in [2.45, 2.75) is 0 Å². The molecule has 0 spiro atoms. The second-order valence-electron chi connectivity index (χ2n) is 4.26. The minimum absolute atomic E-state index is 0.278. The molecule has 1 aromatic rings. The molecule has 0 unspecified atom stereocenters. The molecule has 0 radical (unpaired) electrons. The molecule has 0 fully saturated rings. The monoisotopic (exact) mass is 333 g/mol. The lowest BCUT2D eigenvalue weighted by molar-refractivity contribution is -0.142. The van der Waals surface area contributed by atoms with Crippen LogP contribution in [0.3, 0.4) is 0 Å². The van der Waals surface area contributed by atoms with E-state index in [9.17, 15) is 14.4 Å². The van der Waals surface area contributed by atoms with Crippen LogP contribution in [0, 0.1) is 11.3 Å². The van der Waals surface area contributed by atoms with Crippen molar-refractivity contribution in [1.82, 2.24) is 5.32 Å². The Morgan fingerprint density at radius 2 is 2.00 bits per heavy atom. The number of carbonyl (C=O) groups is 3. The zero-order valence-corrected chi connectivity index (χ0v) is 13.0. The number of nitrogens with two attached hydrogens (primary N) is 1. The van der Waals surface area contributed by atoms with E-state index in [1.807, 2.05) is 0 Å². The molecule has 1 rings (SSSR count). The lowest BCUT2D eigenvalue weighted by Gasteiger charge is -2.10. The van der Waals surface area contributed by atoms with Gasteiger partial charge in [-0.05, 0) is 23.8 Å². The van der Waals surface area contributed by atoms with Crippen molar-refractivity contribution in [2.75, 3.05) is 20.8 Å².